The molecular weight excluding hydrogens is 250 g/mol. The summed E-state index contributed by atoms with van der Waals surface area (Å²) in [6, 6.07) is 0.564. The number of nitrogens with zero attached hydrogens (tertiary/aromatic N) is 2. The minimum absolute atomic E-state index is 0.246. The first-order valence-corrected chi connectivity index (χ1v) is 8.22. The molecule has 0 unspecified atom stereocenters. The lowest BCUT2D eigenvalue weighted by Crippen LogP contribution is -2.26. The SMILES string of the molecule is Cc1cn(C2CCS(=O)(=O)CC2)c(NC(C)C)n1. The van der Waals surface area contributed by atoms with Crippen LogP contribution < -0.4 is 5.32 Å². The van der Waals surface area contributed by atoms with E-state index in [4.69, 9.17) is 0 Å². The Balaban J connectivity index is 2.18. The molecule has 2 heterocycles. The standard InChI is InChI=1S/C12H21N3O2S/c1-9(2)13-12-14-10(3)8-15(12)11-4-6-18(16,17)7-5-11/h8-9,11H,4-7H2,1-3H3,(H,13,14). The van der Waals surface area contributed by atoms with Crippen molar-refractivity contribution in [1.29, 1.82) is 0 Å². The second-order valence-electron chi connectivity index (χ2n) is 5.30. The van der Waals surface area contributed by atoms with Crippen molar-refractivity contribution in [2.75, 3.05) is 16.8 Å². The topological polar surface area (TPSA) is 64.0 Å². The van der Waals surface area contributed by atoms with Crippen LogP contribution in [0.15, 0.2) is 6.20 Å². The van der Waals surface area contributed by atoms with Crippen LogP contribution in [0.1, 0.15) is 38.4 Å². The fourth-order valence-electron chi connectivity index (χ4n) is 2.32. The normalized spacial score (nSPS) is 20.2. The van der Waals surface area contributed by atoms with E-state index in [1.165, 1.54) is 0 Å². The van der Waals surface area contributed by atoms with E-state index in [0.717, 1.165) is 11.6 Å². The van der Waals surface area contributed by atoms with Crippen LogP contribution in [0.3, 0.4) is 0 Å². The van der Waals surface area contributed by atoms with Gasteiger partial charge in [-0.05, 0) is 33.6 Å². The van der Waals surface area contributed by atoms with Gasteiger partial charge in [0.2, 0.25) is 5.95 Å². The quantitative estimate of drug-likeness (QED) is 0.910. The average Bonchev–Trinajstić information content (AvgIpc) is 2.58. The number of nitrogens with one attached hydrogen (secondary N) is 1. The number of rotatable bonds is 3. The predicted molar refractivity (Wildman–Crippen MR) is 72.6 cm³/mol. The third-order valence-corrected chi connectivity index (χ3v) is 4.90. The molecule has 102 valence electrons. The van der Waals surface area contributed by atoms with Crippen LogP contribution in [-0.2, 0) is 9.84 Å². The Bertz CT molecular complexity index is 505. The molecule has 1 aliphatic rings. The molecule has 1 aromatic heterocycles. The predicted octanol–water partition coefficient (Wildman–Crippen LogP) is 1.76. The molecule has 1 fully saturated rings. The zero-order valence-corrected chi connectivity index (χ0v) is 12.0. The smallest absolute Gasteiger partial charge is 0.203 e. The molecule has 1 N–H and O–H groups in total. The second-order valence-corrected chi connectivity index (χ2v) is 7.60. The van der Waals surface area contributed by atoms with Gasteiger partial charge >= 0.3 is 0 Å². The van der Waals surface area contributed by atoms with Gasteiger partial charge in [-0.3, -0.25) is 0 Å². The summed E-state index contributed by atoms with van der Waals surface area (Å²) in [4.78, 5) is 4.46. The Hall–Kier alpha value is -1.04. The van der Waals surface area contributed by atoms with E-state index in [9.17, 15) is 8.42 Å². The van der Waals surface area contributed by atoms with Crippen molar-refractivity contribution in [2.45, 2.75) is 45.7 Å². The van der Waals surface area contributed by atoms with Crippen LogP contribution in [0.5, 0.6) is 0 Å². The fourth-order valence-corrected chi connectivity index (χ4v) is 3.78. The molecule has 18 heavy (non-hydrogen) atoms. The summed E-state index contributed by atoms with van der Waals surface area (Å²) < 4.78 is 25.0. The molecule has 0 spiro atoms. The van der Waals surface area contributed by atoms with Crippen LogP contribution in [0.2, 0.25) is 0 Å². The van der Waals surface area contributed by atoms with Gasteiger partial charge in [0.05, 0.1) is 17.2 Å². The monoisotopic (exact) mass is 271 g/mol. The fraction of sp³-hybridized carbons (Fsp3) is 0.750. The maximum absolute atomic E-state index is 11.5. The Kier molecular flexibility index (Phi) is 3.66. The van der Waals surface area contributed by atoms with E-state index in [-0.39, 0.29) is 17.5 Å². The van der Waals surface area contributed by atoms with E-state index in [2.05, 4.69) is 28.7 Å². The van der Waals surface area contributed by atoms with Crippen molar-refractivity contribution >= 4 is 15.8 Å². The first-order chi connectivity index (χ1) is 8.37. The maximum Gasteiger partial charge on any atom is 0.203 e. The number of imidazole rings is 1. The second kappa shape index (κ2) is 4.91. The molecule has 0 aliphatic carbocycles. The molecule has 1 saturated heterocycles. The van der Waals surface area contributed by atoms with E-state index in [1.807, 2.05) is 13.1 Å². The number of aryl methyl sites for hydroxylation is 1. The Labute approximate surface area is 109 Å². The summed E-state index contributed by atoms with van der Waals surface area (Å²) in [6.07, 6.45) is 3.38. The van der Waals surface area contributed by atoms with Crippen LogP contribution >= 0.6 is 0 Å². The van der Waals surface area contributed by atoms with Crippen molar-refractivity contribution in [2.24, 2.45) is 0 Å². The van der Waals surface area contributed by atoms with Gasteiger partial charge in [0.1, 0.15) is 9.84 Å². The van der Waals surface area contributed by atoms with E-state index in [1.54, 1.807) is 0 Å². The zero-order chi connectivity index (χ0) is 13.3. The number of hydrogen-bond donors (Lipinski definition) is 1. The maximum atomic E-state index is 11.5. The Morgan fingerprint density at radius 2 is 2.00 bits per heavy atom. The zero-order valence-electron chi connectivity index (χ0n) is 11.2. The van der Waals surface area contributed by atoms with Gasteiger partial charge in [-0.25, -0.2) is 13.4 Å². The molecular formula is C12H21N3O2S. The number of aromatic nitrogens is 2. The van der Waals surface area contributed by atoms with Crippen LogP contribution in [0.4, 0.5) is 5.95 Å². The molecule has 6 heteroatoms. The summed E-state index contributed by atoms with van der Waals surface area (Å²) >= 11 is 0. The highest BCUT2D eigenvalue weighted by molar-refractivity contribution is 7.91. The van der Waals surface area contributed by atoms with Gasteiger partial charge in [0, 0.05) is 18.3 Å². The Morgan fingerprint density at radius 1 is 1.39 bits per heavy atom. The average molecular weight is 271 g/mol. The molecule has 2 rings (SSSR count). The lowest BCUT2D eigenvalue weighted by Gasteiger charge is -2.25. The molecule has 1 aliphatic heterocycles. The number of anilines is 1. The molecule has 0 amide bonds. The van der Waals surface area contributed by atoms with Crippen molar-refractivity contribution < 1.29 is 8.42 Å². The molecule has 5 nitrogen and oxygen atoms in total. The van der Waals surface area contributed by atoms with E-state index in [0.29, 0.717) is 18.9 Å². The molecule has 1 aromatic rings. The highest BCUT2D eigenvalue weighted by Crippen LogP contribution is 2.27. The first-order valence-electron chi connectivity index (χ1n) is 6.40. The Morgan fingerprint density at radius 3 is 2.56 bits per heavy atom. The van der Waals surface area contributed by atoms with Crippen molar-refractivity contribution in [1.82, 2.24) is 9.55 Å². The minimum atomic E-state index is -2.81. The lowest BCUT2D eigenvalue weighted by molar-refractivity contribution is 0.452. The minimum Gasteiger partial charge on any atom is -0.353 e. The van der Waals surface area contributed by atoms with Crippen LogP contribution in [-0.4, -0.2) is 35.5 Å². The summed E-state index contributed by atoms with van der Waals surface area (Å²) in [6.45, 7) is 6.10. The van der Waals surface area contributed by atoms with Gasteiger partial charge < -0.3 is 9.88 Å². The largest absolute Gasteiger partial charge is 0.353 e. The molecule has 0 aromatic carbocycles. The van der Waals surface area contributed by atoms with Gasteiger partial charge in [-0.1, -0.05) is 0 Å². The molecule has 0 atom stereocenters. The number of hydrogen-bond acceptors (Lipinski definition) is 4. The summed E-state index contributed by atoms with van der Waals surface area (Å²) in [7, 11) is -2.81. The third-order valence-electron chi connectivity index (χ3n) is 3.19. The van der Waals surface area contributed by atoms with Crippen LogP contribution in [0.25, 0.3) is 0 Å². The van der Waals surface area contributed by atoms with Crippen molar-refractivity contribution in [3.8, 4) is 0 Å². The van der Waals surface area contributed by atoms with Gasteiger partial charge in [0.25, 0.3) is 0 Å². The molecule has 0 radical (unpaired) electrons. The van der Waals surface area contributed by atoms with Crippen molar-refractivity contribution in [3.63, 3.8) is 0 Å². The summed E-state index contributed by atoms with van der Waals surface area (Å²) in [5.74, 6) is 1.43. The van der Waals surface area contributed by atoms with Gasteiger partial charge in [0.15, 0.2) is 0 Å². The highest BCUT2D eigenvalue weighted by atomic mass is 32.2. The highest BCUT2D eigenvalue weighted by Gasteiger charge is 2.26. The molecule has 0 saturated carbocycles. The van der Waals surface area contributed by atoms with Crippen molar-refractivity contribution in [3.05, 3.63) is 11.9 Å². The third kappa shape index (κ3) is 3.04. The molecule has 0 bridgehead atoms. The van der Waals surface area contributed by atoms with Gasteiger partial charge in [-0.2, -0.15) is 0 Å². The first kappa shape index (κ1) is 13.4. The number of sulfone groups is 1. The summed E-state index contributed by atoms with van der Waals surface area (Å²) in [5.41, 5.74) is 0.964. The lowest BCUT2D eigenvalue weighted by atomic mass is 10.1. The van der Waals surface area contributed by atoms with E-state index < -0.39 is 9.84 Å². The van der Waals surface area contributed by atoms with E-state index >= 15 is 0 Å². The van der Waals surface area contributed by atoms with Crippen LogP contribution in [0, 0.1) is 6.92 Å². The summed E-state index contributed by atoms with van der Waals surface area (Å²) in [5, 5.41) is 3.31. The van der Waals surface area contributed by atoms with Gasteiger partial charge in [-0.15, -0.1) is 0 Å².